The molecule has 10 heteroatoms. The Balaban J connectivity index is 1.43. The van der Waals surface area contributed by atoms with Crippen molar-refractivity contribution in [2.45, 2.75) is 11.3 Å². The average Bonchev–Trinajstić information content (AvgIpc) is 3.18. The molecule has 4 aromatic rings. The second-order valence-corrected chi connectivity index (χ2v) is 9.10. The normalized spacial score (nSPS) is 11.5. The van der Waals surface area contributed by atoms with Crippen LogP contribution in [0.4, 0.5) is 5.69 Å². The molecule has 32 heavy (non-hydrogen) atoms. The van der Waals surface area contributed by atoms with Crippen molar-refractivity contribution in [1.29, 1.82) is 0 Å². The van der Waals surface area contributed by atoms with Gasteiger partial charge in [0.15, 0.2) is 0 Å². The molecule has 0 saturated heterocycles. The van der Waals surface area contributed by atoms with E-state index in [0.717, 1.165) is 16.5 Å². The number of nitrogens with one attached hydrogen (secondary N) is 2. The molecule has 1 heterocycles. The second-order valence-electron chi connectivity index (χ2n) is 6.93. The van der Waals surface area contributed by atoms with Gasteiger partial charge in [0.05, 0.1) is 14.8 Å². The number of para-hydroxylation sites is 2. The Hall–Kier alpha value is -3.40. The Labute approximate surface area is 189 Å². The van der Waals surface area contributed by atoms with Crippen LogP contribution in [-0.2, 0) is 16.4 Å². The summed E-state index contributed by atoms with van der Waals surface area (Å²) in [6.45, 7) is 0.230. The van der Waals surface area contributed by atoms with Crippen LogP contribution in [0.15, 0.2) is 77.8 Å². The van der Waals surface area contributed by atoms with E-state index >= 15 is 0 Å². The molecule has 0 spiro atoms. The molecule has 0 fully saturated rings. The number of hydrogen-bond acceptors (Lipinski definition) is 5. The second kappa shape index (κ2) is 8.99. The van der Waals surface area contributed by atoms with E-state index in [1.165, 1.54) is 42.5 Å². The van der Waals surface area contributed by atoms with Crippen LogP contribution in [0.2, 0.25) is 5.02 Å². The highest BCUT2D eigenvalue weighted by Gasteiger charge is 2.20. The Morgan fingerprint density at radius 3 is 2.53 bits per heavy atom. The Kier molecular flexibility index (Phi) is 6.13. The van der Waals surface area contributed by atoms with E-state index in [1.54, 1.807) is 0 Å². The van der Waals surface area contributed by atoms with Crippen LogP contribution in [-0.4, -0.2) is 24.9 Å². The molecule has 4 rings (SSSR count). The lowest BCUT2D eigenvalue weighted by Crippen LogP contribution is -2.25. The molecule has 3 aromatic carbocycles. The number of fused-ring (bicyclic) bond motifs is 1. The molecular weight excluding hydrogens is 454 g/mol. The van der Waals surface area contributed by atoms with Crippen LogP contribution in [0.3, 0.4) is 0 Å². The molecule has 0 radical (unpaired) electrons. The van der Waals surface area contributed by atoms with Crippen molar-refractivity contribution in [2.75, 3.05) is 6.54 Å². The minimum Gasteiger partial charge on any atom is -0.449 e. The summed E-state index contributed by atoms with van der Waals surface area (Å²) in [5.41, 5.74) is 1.74. The molecular formula is C22H18ClN3O5S. The number of sulfonamides is 1. The maximum absolute atomic E-state index is 12.6. The zero-order valence-electron chi connectivity index (χ0n) is 16.6. The quantitative estimate of drug-likeness (QED) is 0.276. The predicted octanol–water partition coefficient (Wildman–Crippen LogP) is 5.04. The van der Waals surface area contributed by atoms with E-state index in [0.29, 0.717) is 6.42 Å². The number of aromatic nitrogens is 1. The standard InChI is InChI=1S/C22H18ClN3O5S/c23-19-5-3-7-21(26(27)28)22(19)31-16-8-10-17(11-9-16)32(29,30)25-13-12-15-14-24-20-6-2-1-4-18(15)20/h1-11,14,24-25H,12-13H2. The van der Waals surface area contributed by atoms with Gasteiger partial charge in [-0.05, 0) is 48.4 Å². The molecule has 8 nitrogen and oxygen atoms in total. The van der Waals surface area contributed by atoms with Gasteiger partial charge in [-0.15, -0.1) is 0 Å². The third kappa shape index (κ3) is 4.59. The van der Waals surface area contributed by atoms with E-state index in [9.17, 15) is 18.5 Å². The molecule has 0 saturated carbocycles. The summed E-state index contributed by atoms with van der Waals surface area (Å²) >= 11 is 6.03. The van der Waals surface area contributed by atoms with Crippen molar-refractivity contribution in [3.05, 3.63) is 93.6 Å². The summed E-state index contributed by atoms with van der Waals surface area (Å²) in [6.07, 6.45) is 2.40. The summed E-state index contributed by atoms with van der Waals surface area (Å²) in [7, 11) is -3.74. The fourth-order valence-corrected chi connectivity index (χ4v) is 4.53. The van der Waals surface area contributed by atoms with Gasteiger partial charge < -0.3 is 9.72 Å². The number of aromatic amines is 1. The molecule has 1 aromatic heterocycles. The monoisotopic (exact) mass is 471 g/mol. The first-order chi connectivity index (χ1) is 15.3. The number of hydrogen-bond donors (Lipinski definition) is 2. The molecule has 0 aliphatic rings. The zero-order valence-corrected chi connectivity index (χ0v) is 18.2. The van der Waals surface area contributed by atoms with Crippen molar-refractivity contribution >= 4 is 38.2 Å². The molecule has 2 N–H and O–H groups in total. The maximum Gasteiger partial charge on any atom is 0.313 e. The highest BCUT2D eigenvalue weighted by atomic mass is 35.5. The zero-order chi connectivity index (χ0) is 22.7. The van der Waals surface area contributed by atoms with Gasteiger partial charge in [0.25, 0.3) is 0 Å². The topological polar surface area (TPSA) is 114 Å². The van der Waals surface area contributed by atoms with E-state index in [-0.39, 0.29) is 33.6 Å². The molecule has 164 valence electrons. The van der Waals surface area contributed by atoms with Gasteiger partial charge in [-0.1, -0.05) is 35.9 Å². The number of nitro groups is 1. The van der Waals surface area contributed by atoms with Gasteiger partial charge in [0.1, 0.15) is 5.75 Å². The number of rotatable bonds is 8. The summed E-state index contributed by atoms with van der Waals surface area (Å²) < 4.78 is 33.4. The molecule has 0 unspecified atom stereocenters. The van der Waals surface area contributed by atoms with Crippen LogP contribution in [0.25, 0.3) is 10.9 Å². The minimum atomic E-state index is -3.74. The maximum atomic E-state index is 12.6. The van der Waals surface area contributed by atoms with Crippen molar-refractivity contribution in [1.82, 2.24) is 9.71 Å². The third-order valence-corrected chi connectivity index (χ3v) is 6.63. The summed E-state index contributed by atoms with van der Waals surface area (Å²) in [5, 5.41) is 12.3. The van der Waals surface area contributed by atoms with Gasteiger partial charge in [-0.2, -0.15) is 0 Å². The highest BCUT2D eigenvalue weighted by Crippen LogP contribution is 2.37. The molecule has 0 aliphatic heterocycles. The number of ether oxygens (including phenoxy) is 1. The number of H-pyrrole nitrogens is 1. The van der Waals surface area contributed by atoms with E-state index < -0.39 is 14.9 Å². The first-order valence-electron chi connectivity index (χ1n) is 9.60. The smallest absolute Gasteiger partial charge is 0.313 e. The van der Waals surface area contributed by atoms with Crippen molar-refractivity contribution < 1.29 is 18.1 Å². The summed E-state index contributed by atoms with van der Waals surface area (Å²) in [4.78, 5) is 13.8. The Bertz CT molecular complexity index is 1380. The fourth-order valence-electron chi connectivity index (χ4n) is 3.29. The van der Waals surface area contributed by atoms with E-state index in [4.69, 9.17) is 16.3 Å². The highest BCUT2D eigenvalue weighted by molar-refractivity contribution is 7.89. The molecule has 0 aliphatic carbocycles. The Morgan fingerprint density at radius 2 is 1.78 bits per heavy atom. The van der Waals surface area contributed by atoms with Crippen LogP contribution in [0, 0.1) is 10.1 Å². The van der Waals surface area contributed by atoms with Crippen LogP contribution >= 0.6 is 11.6 Å². The Morgan fingerprint density at radius 1 is 1.03 bits per heavy atom. The summed E-state index contributed by atoms with van der Waals surface area (Å²) in [6, 6.07) is 17.6. The van der Waals surface area contributed by atoms with Crippen molar-refractivity contribution in [3.63, 3.8) is 0 Å². The summed E-state index contributed by atoms with van der Waals surface area (Å²) in [5.74, 6) is 0.116. The minimum absolute atomic E-state index is 0.0532. The lowest BCUT2D eigenvalue weighted by atomic mass is 10.1. The SMILES string of the molecule is O=[N+]([O-])c1cccc(Cl)c1Oc1ccc(S(=O)(=O)NCCc2c[nH]c3ccccc23)cc1. The van der Waals surface area contributed by atoms with E-state index in [1.807, 2.05) is 30.5 Å². The predicted molar refractivity (Wildman–Crippen MR) is 122 cm³/mol. The van der Waals surface area contributed by atoms with Crippen molar-refractivity contribution in [2.24, 2.45) is 0 Å². The van der Waals surface area contributed by atoms with Gasteiger partial charge in [-0.25, -0.2) is 13.1 Å². The number of nitrogens with zero attached hydrogens (tertiary/aromatic N) is 1. The lowest BCUT2D eigenvalue weighted by molar-refractivity contribution is -0.385. The molecule has 0 bridgehead atoms. The average molecular weight is 472 g/mol. The number of benzene rings is 3. The molecule has 0 amide bonds. The first kappa shape index (κ1) is 21.8. The fraction of sp³-hybridized carbons (Fsp3) is 0.0909. The number of nitro benzene ring substituents is 1. The van der Waals surface area contributed by atoms with Crippen LogP contribution in [0.1, 0.15) is 5.56 Å². The molecule has 0 atom stereocenters. The van der Waals surface area contributed by atoms with Crippen molar-refractivity contribution in [3.8, 4) is 11.5 Å². The first-order valence-corrected chi connectivity index (χ1v) is 11.5. The largest absolute Gasteiger partial charge is 0.449 e. The van der Waals surface area contributed by atoms with Crippen LogP contribution in [0.5, 0.6) is 11.5 Å². The van der Waals surface area contributed by atoms with Gasteiger partial charge >= 0.3 is 5.69 Å². The van der Waals surface area contributed by atoms with Gasteiger partial charge in [-0.3, -0.25) is 10.1 Å². The van der Waals surface area contributed by atoms with E-state index in [2.05, 4.69) is 9.71 Å². The third-order valence-electron chi connectivity index (χ3n) is 4.86. The van der Waals surface area contributed by atoms with Gasteiger partial charge in [0, 0.05) is 29.7 Å². The lowest BCUT2D eigenvalue weighted by Gasteiger charge is -2.10. The van der Waals surface area contributed by atoms with Crippen LogP contribution < -0.4 is 9.46 Å². The number of halogens is 1. The van der Waals surface area contributed by atoms with Gasteiger partial charge in [0.2, 0.25) is 15.8 Å².